The molecule has 0 heterocycles. The highest BCUT2D eigenvalue weighted by molar-refractivity contribution is 7.47. The molecule has 0 aliphatic rings. The zero-order valence-corrected chi connectivity index (χ0v) is 37.9. The van der Waals surface area contributed by atoms with Crippen LogP contribution >= 0.6 is 7.82 Å². The summed E-state index contributed by atoms with van der Waals surface area (Å²) in [6.07, 6.45) is 50.0. The number of esters is 2. The molecule has 1 unspecified atom stereocenters. The lowest BCUT2D eigenvalue weighted by atomic mass is 10.1. The first-order valence-electron chi connectivity index (χ1n) is 21.6. The van der Waals surface area contributed by atoms with E-state index >= 15 is 0 Å². The van der Waals surface area contributed by atoms with Crippen LogP contribution in [0.1, 0.15) is 123 Å². The average Bonchev–Trinajstić information content (AvgIpc) is 3.17. The Morgan fingerprint density at radius 3 is 1.42 bits per heavy atom. The third kappa shape index (κ3) is 44.0. The molecule has 0 aromatic rings. The van der Waals surface area contributed by atoms with Crippen LogP contribution in [0, 0.1) is 0 Å². The molecule has 0 spiro atoms. The van der Waals surface area contributed by atoms with Crippen molar-refractivity contribution >= 4 is 19.8 Å². The standard InChI is InChI=1S/C48H78NO9P/c1-6-7-8-9-10-11-12-13-14-15-18-22-25-28-31-34-37-40-48(52)58-46(44-57-59(53,54)56-42-41-49(3,4)5)43-55-47(51)39-36-33-30-27-24-21-19-16-17-20-23-26-29-32-35-38-45(2)50/h7-8,10-11,13-14,17-22,26-31,45-46,50H,6,9,12,15-16,23-25,32-44H2,1-5H3/p+1/b8-7-,11-10-,14-13-,20-17-,21-19-,22-18-,29-26-,30-27-,31-28-/t45-,46-/m1/s1. The molecule has 59 heavy (non-hydrogen) atoms. The number of aliphatic hydroxyl groups excluding tert-OH is 1. The number of nitrogens with zero attached hydrogens (tertiary/aromatic N) is 1. The fourth-order valence-electron chi connectivity index (χ4n) is 4.94. The van der Waals surface area contributed by atoms with Gasteiger partial charge in [-0.25, -0.2) is 4.57 Å². The van der Waals surface area contributed by atoms with Gasteiger partial charge in [0.05, 0.1) is 33.9 Å². The molecular weight excluding hydrogens is 766 g/mol. The summed E-state index contributed by atoms with van der Waals surface area (Å²) < 4.78 is 34.1. The molecule has 0 aromatic carbocycles. The maximum absolute atomic E-state index is 12.7. The zero-order chi connectivity index (χ0) is 43.7. The second kappa shape index (κ2) is 38.8. The molecule has 0 rings (SSSR count). The number of unbranched alkanes of at least 4 members (excludes halogenated alkanes) is 3. The average molecular weight is 845 g/mol. The quantitative estimate of drug-likeness (QED) is 0.0206. The van der Waals surface area contributed by atoms with Crippen LogP contribution in [0.15, 0.2) is 109 Å². The molecule has 3 atom stereocenters. The Morgan fingerprint density at radius 2 is 1.00 bits per heavy atom. The summed E-state index contributed by atoms with van der Waals surface area (Å²) in [5.41, 5.74) is 0. The minimum absolute atomic E-state index is 0.000401. The highest BCUT2D eigenvalue weighted by Crippen LogP contribution is 2.43. The number of allylic oxidation sites excluding steroid dienone is 18. The molecule has 0 amide bonds. The largest absolute Gasteiger partial charge is 0.472 e. The predicted octanol–water partition coefficient (Wildman–Crippen LogP) is 11.3. The number of quaternary nitrogens is 1. The molecule has 0 radical (unpaired) electrons. The smallest absolute Gasteiger partial charge is 0.462 e. The van der Waals surface area contributed by atoms with Crippen LogP contribution < -0.4 is 0 Å². The molecular formula is C48H79NO9P+. The fourth-order valence-corrected chi connectivity index (χ4v) is 5.68. The molecule has 0 saturated carbocycles. The summed E-state index contributed by atoms with van der Waals surface area (Å²) in [4.78, 5) is 35.3. The van der Waals surface area contributed by atoms with Crippen molar-refractivity contribution in [1.29, 1.82) is 0 Å². The van der Waals surface area contributed by atoms with Gasteiger partial charge in [-0.3, -0.25) is 18.6 Å². The van der Waals surface area contributed by atoms with E-state index in [9.17, 15) is 24.2 Å². The first kappa shape index (κ1) is 55.6. The highest BCUT2D eigenvalue weighted by Gasteiger charge is 2.27. The number of phosphoric ester groups is 1. The molecule has 334 valence electrons. The van der Waals surface area contributed by atoms with Gasteiger partial charge in [-0.1, -0.05) is 116 Å². The number of hydrogen-bond donors (Lipinski definition) is 2. The van der Waals surface area contributed by atoms with E-state index in [-0.39, 0.29) is 32.2 Å². The van der Waals surface area contributed by atoms with Gasteiger partial charge in [-0.15, -0.1) is 0 Å². The third-order valence-corrected chi connectivity index (χ3v) is 9.29. The molecule has 0 aliphatic carbocycles. The molecule has 11 heteroatoms. The second-order valence-corrected chi connectivity index (χ2v) is 16.7. The van der Waals surface area contributed by atoms with Gasteiger partial charge >= 0.3 is 19.8 Å². The topological polar surface area (TPSA) is 129 Å². The highest BCUT2D eigenvalue weighted by atomic mass is 31.2. The lowest BCUT2D eigenvalue weighted by Crippen LogP contribution is -2.37. The number of likely N-dealkylation sites (N-methyl/N-ethyl adjacent to an activating group) is 1. The van der Waals surface area contributed by atoms with E-state index in [2.05, 4.69) is 104 Å². The first-order valence-corrected chi connectivity index (χ1v) is 23.1. The van der Waals surface area contributed by atoms with Crippen LogP contribution in [0.25, 0.3) is 0 Å². The number of ether oxygens (including phenoxy) is 2. The number of hydrogen-bond acceptors (Lipinski definition) is 8. The Labute approximate surface area is 358 Å². The van der Waals surface area contributed by atoms with Crippen LogP contribution in [0.5, 0.6) is 0 Å². The number of phosphoric acid groups is 1. The first-order chi connectivity index (χ1) is 28.3. The summed E-state index contributed by atoms with van der Waals surface area (Å²) in [7, 11) is 1.37. The SMILES string of the molecule is CC/C=C\C/C=C\C/C=C\C/C=C\C/C=C\CCCC(=O)O[C@H](COC(=O)CCC/C=C\C/C=C\C/C=C\C/C=C\CCC[C@@H](C)O)COP(=O)(O)OCC[N+](C)(C)C. The fraction of sp³-hybridized carbons (Fsp3) is 0.583. The van der Waals surface area contributed by atoms with E-state index in [0.717, 1.165) is 70.6 Å². The van der Waals surface area contributed by atoms with Gasteiger partial charge in [0.1, 0.15) is 19.8 Å². The minimum Gasteiger partial charge on any atom is -0.462 e. The van der Waals surface area contributed by atoms with E-state index in [0.29, 0.717) is 36.7 Å². The van der Waals surface area contributed by atoms with Gasteiger partial charge in [-0.2, -0.15) is 0 Å². The summed E-state index contributed by atoms with van der Waals surface area (Å²) >= 11 is 0. The Balaban J connectivity index is 4.59. The van der Waals surface area contributed by atoms with Crippen LogP contribution in [0.4, 0.5) is 0 Å². The van der Waals surface area contributed by atoms with Gasteiger partial charge in [0.2, 0.25) is 0 Å². The zero-order valence-electron chi connectivity index (χ0n) is 37.0. The Hall–Kier alpha value is -3.37. The maximum Gasteiger partial charge on any atom is 0.472 e. The second-order valence-electron chi connectivity index (χ2n) is 15.3. The van der Waals surface area contributed by atoms with E-state index in [4.69, 9.17) is 18.5 Å². The van der Waals surface area contributed by atoms with E-state index in [1.54, 1.807) is 0 Å². The monoisotopic (exact) mass is 845 g/mol. The van der Waals surface area contributed by atoms with Crippen molar-refractivity contribution in [1.82, 2.24) is 0 Å². The molecule has 10 nitrogen and oxygen atoms in total. The number of carbonyl (C=O) groups excluding carboxylic acids is 2. The maximum atomic E-state index is 12.7. The van der Waals surface area contributed by atoms with Crippen molar-refractivity contribution in [3.63, 3.8) is 0 Å². The van der Waals surface area contributed by atoms with E-state index in [1.165, 1.54) is 0 Å². The van der Waals surface area contributed by atoms with Crippen LogP contribution in [-0.4, -0.2) is 86.1 Å². The van der Waals surface area contributed by atoms with Crippen molar-refractivity contribution in [3.05, 3.63) is 109 Å². The summed E-state index contributed by atoms with van der Waals surface area (Å²) in [6, 6.07) is 0. The molecule has 0 aliphatic heterocycles. The summed E-state index contributed by atoms with van der Waals surface area (Å²) in [5, 5.41) is 9.27. The van der Waals surface area contributed by atoms with Crippen LogP contribution in [-0.2, 0) is 32.7 Å². The number of aliphatic hydroxyl groups is 1. The minimum atomic E-state index is -4.42. The number of rotatable bonds is 37. The molecule has 2 N–H and O–H groups in total. The molecule has 0 saturated heterocycles. The summed E-state index contributed by atoms with van der Waals surface area (Å²) in [5.74, 6) is -0.963. The van der Waals surface area contributed by atoms with Gasteiger partial charge < -0.3 is 24.0 Å². The predicted molar refractivity (Wildman–Crippen MR) is 244 cm³/mol. The van der Waals surface area contributed by atoms with Gasteiger partial charge in [0.15, 0.2) is 6.10 Å². The Bertz CT molecular complexity index is 1380. The van der Waals surface area contributed by atoms with Crippen LogP contribution in [0.3, 0.4) is 0 Å². The van der Waals surface area contributed by atoms with Crippen molar-refractivity contribution in [2.24, 2.45) is 0 Å². The lowest BCUT2D eigenvalue weighted by Gasteiger charge is -2.24. The molecule has 0 fully saturated rings. The van der Waals surface area contributed by atoms with Crippen molar-refractivity contribution in [2.75, 3.05) is 47.5 Å². The van der Waals surface area contributed by atoms with Crippen LogP contribution in [0.2, 0.25) is 0 Å². The van der Waals surface area contributed by atoms with Crippen molar-refractivity contribution in [3.8, 4) is 0 Å². The Kier molecular flexibility index (Phi) is 36.6. The normalized spacial score (nSPS) is 15.2. The van der Waals surface area contributed by atoms with E-state index < -0.39 is 32.5 Å². The van der Waals surface area contributed by atoms with Crippen molar-refractivity contribution < 1.29 is 47.2 Å². The summed E-state index contributed by atoms with van der Waals surface area (Å²) in [6.45, 7) is 3.68. The Morgan fingerprint density at radius 1 is 0.593 bits per heavy atom. The van der Waals surface area contributed by atoms with Crippen molar-refractivity contribution in [2.45, 2.75) is 135 Å². The van der Waals surface area contributed by atoms with Gasteiger partial charge in [0.25, 0.3) is 0 Å². The lowest BCUT2D eigenvalue weighted by molar-refractivity contribution is -0.870. The molecule has 0 bridgehead atoms. The third-order valence-electron chi connectivity index (χ3n) is 8.31. The van der Waals surface area contributed by atoms with Gasteiger partial charge in [0, 0.05) is 12.8 Å². The van der Waals surface area contributed by atoms with Gasteiger partial charge in [-0.05, 0) is 103 Å². The van der Waals surface area contributed by atoms with E-state index in [1.807, 2.05) is 40.2 Å². The number of carbonyl (C=O) groups is 2. The molecule has 0 aromatic heterocycles.